The van der Waals surface area contributed by atoms with Crippen LogP contribution in [-0.2, 0) is 9.53 Å². The highest BCUT2D eigenvalue weighted by Crippen LogP contribution is 2.22. The Morgan fingerprint density at radius 2 is 2.12 bits per heavy atom. The Balaban J connectivity index is 1.98. The summed E-state index contributed by atoms with van der Waals surface area (Å²) in [5, 5.41) is 12.5. The molecule has 0 aromatic rings. The summed E-state index contributed by atoms with van der Waals surface area (Å²) < 4.78 is 5.39. The quantitative estimate of drug-likeness (QED) is 0.823. The number of hydrogen-bond acceptors (Lipinski definition) is 4. The standard InChI is InChI=1S/C18H28N2O4/c1-18(2,3)24-17(23)20-11-7-10-15(20)16(22)19-14(12-21)13-8-5-4-6-9-13/h4-6,8,13-15,21H,7,9-12H2,1-3H3,(H,19,22)/t13?,14?,15-/m0/s1. The van der Waals surface area contributed by atoms with Crippen LogP contribution in [0.1, 0.15) is 40.0 Å². The molecule has 0 spiro atoms. The smallest absolute Gasteiger partial charge is 0.410 e. The Hall–Kier alpha value is -1.82. The molecule has 3 atom stereocenters. The van der Waals surface area contributed by atoms with E-state index in [0.29, 0.717) is 13.0 Å². The lowest BCUT2D eigenvalue weighted by molar-refractivity contribution is -0.126. The van der Waals surface area contributed by atoms with Crippen molar-refractivity contribution in [3.05, 3.63) is 24.3 Å². The van der Waals surface area contributed by atoms with Gasteiger partial charge in [-0.25, -0.2) is 4.79 Å². The number of nitrogens with zero attached hydrogens (tertiary/aromatic N) is 1. The van der Waals surface area contributed by atoms with Crippen molar-refractivity contribution in [2.24, 2.45) is 5.92 Å². The molecule has 1 saturated heterocycles. The van der Waals surface area contributed by atoms with E-state index < -0.39 is 17.7 Å². The Bertz CT molecular complexity index is 522. The summed E-state index contributed by atoms with van der Waals surface area (Å²) in [6.07, 6.45) is 9.59. The van der Waals surface area contributed by atoms with E-state index in [0.717, 1.165) is 12.8 Å². The van der Waals surface area contributed by atoms with Gasteiger partial charge >= 0.3 is 6.09 Å². The maximum absolute atomic E-state index is 12.6. The molecular weight excluding hydrogens is 308 g/mol. The molecule has 2 aliphatic rings. The second-order valence-corrected chi connectivity index (χ2v) is 7.34. The summed E-state index contributed by atoms with van der Waals surface area (Å²) in [6, 6.07) is -0.878. The average Bonchev–Trinajstić information content (AvgIpc) is 3.01. The van der Waals surface area contributed by atoms with E-state index >= 15 is 0 Å². The number of amides is 2. The first kappa shape index (κ1) is 18.5. The van der Waals surface area contributed by atoms with Crippen molar-refractivity contribution in [2.75, 3.05) is 13.2 Å². The summed E-state index contributed by atoms with van der Waals surface area (Å²) in [7, 11) is 0. The fraction of sp³-hybridized carbons (Fsp3) is 0.667. The van der Waals surface area contributed by atoms with Gasteiger partial charge in [0.2, 0.25) is 5.91 Å². The molecule has 24 heavy (non-hydrogen) atoms. The second kappa shape index (κ2) is 7.83. The SMILES string of the molecule is CC(C)(C)OC(=O)N1CCC[C@H]1C(=O)NC(CO)C1C=CC=CC1. The lowest BCUT2D eigenvalue weighted by Crippen LogP contribution is -2.52. The predicted molar refractivity (Wildman–Crippen MR) is 91.4 cm³/mol. The van der Waals surface area contributed by atoms with Crippen molar-refractivity contribution in [1.29, 1.82) is 0 Å². The highest BCUT2D eigenvalue weighted by atomic mass is 16.6. The van der Waals surface area contributed by atoms with E-state index in [4.69, 9.17) is 4.74 Å². The molecule has 2 unspecified atom stereocenters. The van der Waals surface area contributed by atoms with E-state index in [9.17, 15) is 14.7 Å². The summed E-state index contributed by atoms with van der Waals surface area (Å²) in [5.74, 6) is -0.152. The van der Waals surface area contributed by atoms with Crippen LogP contribution in [0.4, 0.5) is 4.79 Å². The first-order valence-corrected chi connectivity index (χ1v) is 8.56. The topological polar surface area (TPSA) is 78.9 Å². The zero-order valence-corrected chi connectivity index (χ0v) is 14.7. The highest BCUT2D eigenvalue weighted by Gasteiger charge is 2.37. The minimum atomic E-state index is -0.590. The van der Waals surface area contributed by atoms with Crippen LogP contribution >= 0.6 is 0 Å². The first-order valence-electron chi connectivity index (χ1n) is 8.56. The molecule has 0 radical (unpaired) electrons. The van der Waals surface area contributed by atoms with Crippen molar-refractivity contribution >= 4 is 12.0 Å². The molecule has 1 heterocycles. The summed E-state index contributed by atoms with van der Waals surface area (Å²) in [5.41, 5.74) is -0.590. The van der Waals surface area contributed by atoms with Crippen LogP contribution in [0, 0.1) is 5.92 Å². The largest absolute Gasteiger partial charge is 0.444 e. The Morgan fingerprint density at radius 3 is 2.71 bits per heavy atom. The number of likely N-dealkylation sites (tertiary alicyclic amines) is 1. The summed E-state index contributed by atoms with van der Waals surface area (Å²) in [6.45, 7) is 5.80. The zero-order chi connectivity index (χ0) is 17.7. The van der Waals surface area contributed by atoms with Crippen LogP contribution in [0.5, 0.6) is 0 Å². The van der Waals surface area contributed by atoms with Gasteiger partial charge < -0.3 is 15.2 Å². The molecule has 1 aliphatic carbocycles. The number of rotatable bonds is 4. The number of nitrogens with one attached hydrogen (secondary N) is 1. The normalized spacial score (nSPS) is 24.8. The zero-order valence-electron chi connectivity index (χ0n) is 14.7. The summed E-state index contributed by atoms with van der Waals surface area (Å²) >= 11 is 0. The van der Waals surface area contributed by atoms with Crippen molar-refractivity contribution in [3.63, 3.8) is 0 Å². The van der Waals surface area contributed by atoms with Crippen LogP contribution in [0.3, 0.4) is 0 Å². The predicted octanol–water partition coefficient (Wildman–Crippen LogP) is 2.00. The van der Waals surface area contributed by atoms with Gasteiger partial charge in [0.1, 0.15) is 11.6 Å². The first-order chi connectivity index (χ1) is 11.3. The van der Waals surface area contributed by atoms with Crippen LogP contribution in [-0.4, -0.2) is 52.8 Å². The van der Waals surface area contributed by atoms with Gasteiger partial charge in [-0.15, -0.1) is 0 Å². The fourth-order valence-electron chi connectivity index (χ4n) is 3.04. The van der Waals surface area contributed by atoms with E-state index in [1.54, 1.807) is 20.8 Å². The molecule has 0 bridgehead atoms. The van der Waals surface area contributed by atoms with E-state index in [-0.39, 0.29) is 24.5 Å². The third kappa shape index (κ3) is 4.84. The maximum Gasteiger partial charge on any atom is 0.410 e. The van der Waals surface area contributed by atoms with Gasteiger partial charge in [-0.1, -0.05) is 24.3 Å². The Kier molecular flexibility index (Phi) is 6.04. The lowest BCUT2D eigenvalue weighted by Gasteiger charge is -2.30. The molecule has 2 N–H and O–H groups in total. The Morgan fingerprint density at radius 1 is 1.38 bits per heavy atom. The van der Waals surface area contributed by atoms with E-state index in [2.05, 4.69) is 5.32 Å². The van der Waals surface area contributed by atoms with E-state index in [1.807, 2.05) is 24.3 Å². The van der Waals surface area contributed by atoms with Crippen LogP contribution in [0.25, 0.3) is 0 Å². The maximum atomic E-state index is 12.6. The van der Waals surface area contributed by atoms with Crippen molar-refractivity contribution in [2.45, 2.75) is 57.7 Å². The van der Waals surface area contributed by atoms with Gasteiger partial charge in [-0.3, -0.25) is 9.69 Å². The lowest BCUT2D eigenvalue weighted by atomic mass is 9.93. The molecular formula is C18H28N2O4. The van der Waals surface area contributed by atoms with Crippen LogP contribution in [0.2, 0.25) is 0 Å². The Labute approximate surface area is 143 Å². The number of hydrogen-bond donors (Lipinski definition) is 2. The molecule has 6 heteroatoms. The van der Waals surface area contributed by atoms with Gasteiger partial charge in [-0.05, 0) is 40.0 Å². The summed E-state index contributed by atoms with van der Waals surface area (Å²) in [4.78, 5) is 26.4. The minimum absolute atomic E-state index is 0.0697. The monoisotopic (exact) mass is 336 g/mol. The number of carbonyl (C=O) groups excluding carboxylic acids is 2. The minimum Gasteiger partial charge on any atom is -0.444 e. The average molecular weight is 336 g/mol. The van der Waals surface area contributed by atoms with E-state index in [1.165, 1.54) is 4.90 Å². The molecule has 0 aromatic carbocycles. The van der Waals surface area contributed by atoms with Crippen molar-refractivity contribution in [3.8, 4) is 0 Å². The van der Waals surface area contributed by atoms with Gasteiger partial charge in [0.15, 0.2) is 0 Å². The van der Waals surface area contributed by atoms with Gasteiger partial charge in [-0.2, -0.15) is 0 Å². The number of allylic oxidation sites excluding steroid dienone is 3. The van der Waals surface area contributed by atoms with Crippen molar-refractivity contribution in [1.82, 2.24) is 10.2 Å². The number of ether oxygens (including phenoxy) is 1. The molecule has 0 aromatic heterocycles. The molecule has 134 valence electrons. The third-order valence-electron chi connectivity index (χ3n) is 4.24. The number of carbonyl (C=O) groups is 2. The van der Waals surface area contributed by atoms with Gasteiger partial charge in [0.25, 0.3) is 0 Å². The third-order valence-corrected chi connectivity index (χ3v) is 4.24. The molecule has 1 aliphatic heterocycles. The second-order valence-electron chi connectivity index (χ2n) is 7.34. The highest BCUT2D eigenvalue weighted by molar-refractivity contribution is 5.86. The van der Waals surface area contributed by atoms with Crippen LogP contribution in [0.15, 0.2) is 24.3 Å². The molecule has 2 amide bonds. The number of aliphatic hydroxyl groups excluding tert-OH is 1. The molecule has 1 fully saturated rings. The van der Waals surface area contributed by atoms with Crippen LogP contribution < -0.4 is 5.32 Å². The van der Waals surface area contributed by atoms with Gasteiger partial charge in [0, 0.05) is 12.5 Å². The molecule has 6 nitrogen and oxygen atoms in total. The number of aliphatic hydroxyl groups is 1. The van der Waals surface area contributed by atoms with Gasteiger partial charge in [0.05, 0.1) is 12.6 Å². The van der Waals surface area contributed by atoms with Crippen molar-refractivity contribution < 1.29 is 19.4 Å². The fourth-order valence-corrected chi connectivity index (χ4v) is 3.04. The molecule has 2 rings (SSSR count). The molecule has 0 saturated carbocycles.